The Morgan fingerprint density at radius 1 is 0.931 bits per heavy atom. The molecule has 0 aliphatic carbocycles. The molecule has 0 unspecified atom stereocenters. The summed E-state index contributed by atoms with van der Waals surface area (Å²) < 4.78 is 6.64. The smallest absolute Gasteiger partial charge is 0.147 e. The maximum absolute atomic E-state index is 5.36. The van der Waals surface area contributed by atoms with Crippen LogP contribution in [0.4, 0.5) is 11.5 Å². The van der Waals surface area contributed by atoms with E-state index in [9.17, 15) is 0 Å². The Kier molecular flexibility index (Phi) is 4.77. The summed E-state index contributed by atoms with van der Waals surface area (Å²) in [6.45, 7) is 3.72. The van der Waals surface area contributed by atoms with Gasteiger partial charge in [-0.2, -0.15) is 0 Å². The van der Waals surface area contributed by atoms with Crippen LogP contribution >= 0.6 is 11.3 Å². The van der Waals surface area contributed by atoms with Crippen LogP contribution in [-0.2, 0) is 0 Å². The van der Waals surface area contributed by atoms with Crippen LogP contribution in [0.2, 0.25) is 0 Å². The lowest BCUT2D eigenvalue weighted by Crippen LogP contribution is -2.46. The summed E-state index contributed by atoms with van der Waals surface area (Å²) in [5.41, 5.74) is 3.30. The van der Waals surface area contributed by atoms with Gasteiger partial charge in [0.05, 0.1) is 25.2 Å². The predicted octanol–water partition coefficient (Wildman–Crippen LogP) is 4.69. The Morgan fingerprint density at radius 2 is 1.76 bits per heavy atom. The molecule has 146 valence electrons. The summed E-state index contributed by atoms with van der Waals surface area (Å²) in [5, 5.41) is 3.42. The van der Waals surface area contributed by atoms with Gasteiger partial charge in [-0.15, -0.1) is 11.3 Å². The van der Waals surface area contributed by atoms with Gasteiger partial charge in [-0.05, 0) is 18.2 Å². The van der Waals surface area contributed by atoms with E-state index in [0.717, 1.165) is 49.0 Å². The molecule has 0 atom stereocenters. The molecule has 2 aromatic heterocycles. The second-order valence-electron chi connectivity index (χ2n) is 7.08. The number of fused-ring (bicyclic) bond motifs is 1. The molecule has 1 fully saturated rings. The van der Waals surface area contributed by atoms with Crippen LogP contribution in [0.1, 0.15) is 0 Å². The van der Waals surface area contributed by atoms with E-state index in [0.29, 0.717) is 0 Å². The van der Waals surface area contributed by atoms with Gasteiger partial charge in [-0.1, -0.05) is 24.3 Å². The predicted molar refractivity (Wildman–Crippen MR) is 120 cm³/mol. The number of aromatic nitrogens is 2. The van der Waals surface area contributed by atoms with Gasteiger partial charge in [0.15, 0.2) is 0 Å². The fraction of sp³-hybridized carbons (Fsp3) is 0.217. The monoisotopic (exact) mass is 402 g/mol. The Labute approximate surface area is 174 Å². The van der Waals surface area contributed by atoms with Gasteiger partial charge in [0.2, 0.25) is 0 Å². The second kappa shape index (κ2) is 7.72. The van der Waals surface area contributed by atoms with Crippen molar-refractivity contribution >= 4 is 32.9 Å². The van der Waals surface area contributed by atoms with Gasteiger partial charge in [0, 0.05) is 59.0 Å². The lowest BCUT2D eigenvalue weighted by atomic mass is 10.1. The number of hydrogen-bond donors (Lipinski definition) is 0. The standard InChI is InChI=1S/C23H22N4OS/c1-28-18-6-4-5-17(13-18)26-9-11-27(12-10-26)23-15-24-14-21(25-23)20-16-29-22-8-3-2-7-19(20)22/h2-8,13-16H,9-12H2,1H3. The minimum absolute atomic E-state index is 0.895. The van der Waals surface area contributed by atoms with Crippen molar-refractivity contribution in [2.45, 2.75) is 0 Å². The topological polar surface area (TPSA) is 41.5 Å². The van der Waals surface area contributed by atoms with Gasteiger partial charge in [0.1, 0.15) is 11.6 Å². The molecule has 4 aromatic rings. The number of thiophene rings is 1. The van der Waals surface area contributed by atoms with Gasteiger partial charge in [-0.25, -0.2) is 4.98 Å². The zero-order chi connectivity index (χ0) is 19.6. The van der Waals surface area contributed by atoms with Crippen molar-refractivity contribution in [1.29, 1.82) is 0 Å². The molecule has 29 heavy (non-hydrogen) atoms. The minimum Gasteiger partial charge on any atom is -0.497 e. The second-order valence-corrected chi connectivity index (χ2v) is 7.99. The average molecular weight is 403 g/mol. The van der Waals surface area contributed by atoms with E-state index in [1.54, 1.807) is 18.4 Å². The first-order chi connectivity index (χ1) is 14.3. The summed E-state index contributed by atoms with van der Waals surface area (Å²) in [7, 11) is 1.71. The Morgan fingerprint density at radius 3 is 2.62 bits per heavy atom. The van der Waals surface area contributed by atoms with Crippen molar-refractivity contribution in [2.75, 3.05) is 43.1 Å². The number of anilines is 2. The van der Waals surface area contributed by atoms with Gasteiger partial charge in [0.25, 0.3) is 0 Å². The molecule has 0 spiro atoms. The lowest BCUT2D eigenvalue weighted by Gasteiger charge is -2.36. The molecule has 5 nitrogen and oxygen atoms in total. The van der Waals surface area contributed by atoms with Crippen molar-refractivity contribution in [3.63, 3.8) is 0 Å². The van der Waals surface area contributed by atoms with Crippen molar-refractivity contribution in [3.8, 4) is 17.0 Å². The molecule has 0 bridgehead atoms. The van der Waals surface area contributed by atoms with Crippen molar-refractivity contribution in [3.05, 3.63) is 66.3 Å². The Bertz CT molecular complexity index is 1130. The summed E-state index contributed by atoms with van der Waals surface area (Å²) in [4.78, 5) is 14.2. The maximum Gasteiger partial charge on any atom is 0.147 e. The lowest BCUT2D eigenvalue weighted by molar-refractivity contribution is 0.414. The van der Waals surface area contributed by atoms with Crippen LogP contribution in [0.15, 0.2) is 66.3 Å². The van der Waals surface area contributed by atoms with Gasteiger partial charge >= 0.3 is 0 Å². The normalized spacial score (nSPS) is 14.4. The zero-order valence-electron chi connectivity index (χ0n) is 16.3. The van der Waals surface area contributed by atoms with E-state index >= 15 is 0 Å². The molecule has 5 rings (SSSR count). The molecule has 0 saturated carbocycles. The summed E-state index contributed by atoms with van der Waals surface area (Å²) in [6.07, 6.45) is 3.74. The van der Waals surface area contributed by atoms with Crippen LogP contribution in [0, 0.1) is 0 Å². The maximum atomic E-state index is 5.36. The zero-order valence-corrected chi connectivity index (χ0v) is 17.1. The van der Waals surface area contributed by atoms with Crippen LogP contribution in [-0.4, -0.2) is 43.3 Å². The number of hydrogen-bond acceptors (Lipinski definition) is 6. The third-order valence-corrected chi connectivity index (χ3v) is 6.36. The van der Waals surface area contributed by atoms with Crippen LogP contribution in [0.5, 0.6) is 5.75 Å². The highest BCUT2D eigenvalue weighted by molar-refractivity contribution is 7.17. The molecular formula is C23H22N4OS. The number of nitrogens with zero attached hydrogens (tertiary/aromatic N) is 4. The van der Waals surface area contributed by atoms with E-state index in [1.165, 1.54) is 15.8 Å². The number of piperazine rings is 1. The van der Waals surface area contributed by atoms with Crippen molar-refractivity contribution in [2.24, 2.45) is 0 Å². The van der Waals surface area contributed by atoms with Crippen molar-refractivity contribution in [1.82, 2.24) is 9.97 Å². The fourth-order valence-corrected chi connectivity index (χ4v) is 4.77. The van der Waals surface area contributed by atoms with E-state index in [-0.39, 0.29) is 0 Å². The summed E-state index contributed by atoms with van der Waals surface area (Å²) in [6, 6.07) is 16.7. The highest BCUT2D eigenvalue weighted by Gasteiger charge is 2.20. The number of ether oxygens (including phenoxy) is 1. The van der Waals surface area contributed by atoms with Crippen LogP contribution in [0.3, 0.4) is 0 Å². The molecule has 0 radical (unpaired) electrons. The number of benzene rings is 2. The molecule has 0 amide bonds. The summed E-state index contributed by atoms with van der Waals surface area (Å²) >= 11 is 1.75. The highest BCUT2D eigenvalue weighted by atomic mass is 32.1. The third-order valence-electron chi connectivity index (χ3n) is 5.40. The van der Waals surface area contributed by atoms with Crippen molar-refractivity contribution < 1.29 is 4.74 Å². The first kappa shape index (κ1) is 17.9. The molecule has 1 saturated heterocycles. The SMILES string of the molecule is COc1cccc(N2CCN(c3cncc(-c4csc5ccccc45)n3)CC2)c1. The van der Waals surface area contributed by atoms with E-state index in [4.69, 9.17) is 9.72 Å². The molecule has 3 heterocycles. The number of rotatable bonds is 4. The first-order valence-corrected chi connectivity index (χ1v) is 10.6. The molecule has 1 aliphatic heterocycles. The molecule has 0 N–H and O–H groups in total. The largest absolute Gasteiger partial charge is 0.497 e. The van der Waals surface area contributed by atoms with Crippen LogP contribution in [0.25, 0.3) is 21.3 Å². The third kappa shape index (κ3) is 3.51. The average Bonchev–Trinajstić information content (AvgIpc) is 3.24. The van der Waals surface area contributed by atoms with Crippen LogP contribution < -0.4 is 14.5 Å². The molecule has 2 aromatic carbocycles. The fourth-order valence-electron chi connectivity index (χ4n) is 3.81. The Balaban J connectivity index is 1.34. The Hall–Kier alpha value is -3.12. The van der Waals surface area contributed by atoms with E-state index < -0.39 is 0 Å². The van der Waals surface area contributed by atoms with E-state index in [1.807, 2.05) is 24.5 Å². The van der Waals surface area contributed by atoms with Gasteiger partial charge < -0.3 is 14.5 Å². The van der Waals surface area contributed by atoms with Gasteiger partial charge in [-0.3, -0.25) is 4.98 Å². The molecular weight excluding hydrogens is 380 g/mol. The minimum atomic E-state index is 0.895. The highest BCUT2D eigenvalue weighted by Crippen LogP contribution is 2.33. The summed E-state index contributed by atoms with van der Waals surface area (Å²) in [5.74, 6) is 1.84. The first-order valence-electron chi connectivity index (χ1n) is 9.74. The molecule has 6 heteroatoms. The quantitative estimate of drug-likeness (QED) is 0.495. The molecule has 1 aliphatic rings. The number of methoxy groups -OCH3 is 1. The van der Waals surface area contributed by atoms with E-state index in [2.05, 4.69) is 56.6 Å².